The van der Waals surface area contributed by atoms with Crippen LogP contribution >= 0.6 is 0 Å². The van der Waals surface area contributed by atoms with E-state index in [-0.39, 0.29) is 42.1 Å². The van der Waals surface area contributed by atoms with E-state index in [1.807, 2.05) is 18.2 Å². The van der Waals surface area contributed by atoms with Crippen molar-refractivity contribution in [2.75, 3.05) is 6.54 Å². The smallest absolute Gasteiger partial charge is 0.239 e. The molecule has 176 valence electrons. The molecule has 3 unspecified atom stereocenters. The van der Waals surface area contributed by atoms with Gasteiger partial charge in [-0.3, -0.25) is 14.4 Å². The van der Waals surface area contributed by atoms with Crippen molar-refractivity contribution in [3.05, 3.63) is 35.9 Å². The summed E-state index contributed by atoms with van der Waals surface area (Å²) in [4.78, 5) is 37.2. The lowest BCUT2D eigenvalue weighted by Crippen LogP contribution is -2.50. The zero-order chi connectivity index (χ0) is 22.8. The van der Waals surface area contributed by atoms with Gasteiger partial charge in [-0.25, -0.2) is 0 Å². The Hall–Kier alpha value is -2.37. The molecule has 0 saturated heterocycles. The van der Waals surface area contributed by atoms with E-state index in [0.717, 1.165) is 43.6 Å². The number of carbonyl (C=O) groups is 3. The molecule has 2 fully saturated rings. The van der Waals surface area contributed by atoms with Crippen molar-refractivity contribution in [2.45, 2.75) is 83.1 Å². The fourth-order valence-corrected chi connectivity index (χ4v) is 5.35. The van der Waals surface area contributed by atoms with E-state index in [0.29, 0.717) is 12.8 Å². The minimum atomic E-state index is -0.357. The molecule has 0 aromatic heterocycles. The van der Waals surface area contributed by atoms with Crippen LogP contribution in [0.1, 0.15) is 76.2 Å². The number of rotatable bonds is 10. The molecule has 2 saturated carbocycles. The molecule has 3 atom stereocenters. The van der Waals surface area contributed by atoms with E-state index in [9.17, 15) is 14.4 Å². The molecule has 2 aliphatic carbocycles. The summed E-state index contributed by atoms with van der Waals surface area (Å²) in [5, 5.41) is 5.78. The summed E-state index contributed by atoms with van der Waals surface area (Å²) in [6, 6.07) is 9.87. The molecule has 0 aliphatic heterocycles. The lowest BCUT2D eigenvalue weighted by atomic mass is 9.83. The van der Waals surface area contributed by atoms with E-state index >= 15 is 0 Å². The van der Waals surface area contributed by atoms with Crippen LogP contribution in [0.15, 0.2) is 30.3 Å². The minimum absolute atomic E-state index is 0.0600. The van der Waals surface area contributed by atoms with Crippen LogP contribution in [0.2, 0.25) is 0 Å². The van der Waals surface area contributed by atoms with Gasteiger partial charge in [-0.1, -0.05) is 75.3 Å². The molecule has 3 amide bonds. The number of benzene rings is 1. The summed E-state index contributed by atoms with van der Waals surface area (Å²) < 4.78 is 0. The van der Waals surface area contributed by atoms with Gasteiger partial charge in [0.05, 0.1) is 12.5 Å². The minimum Gasteiger partial charge on any atom is -0.369 e. The molecule has 1 aromatic carbocycles. The number of carbonyl (C=O) groups excluding carboxylic acids is 3. The van der Waals surface area contributed by atoms with Gasteiger partial charge in [0.2, 0.25) is 17.7 Å². The number of hydrogen-bond acceptors (Lipinski definition) is 3. The summed E-state index contributed by atoms with van der Waals surface area (Å²) in [5.41, 5.74) is 6.65. The quantitative estimate of drug-likeness (QED) is 0.518. The van der Waals surface area contributed by atoms with Gasteiger partial charge in [0.25, 0.3) is 0 Å². The summed E-state index contributed by atoms with van der Waals surface area (Å²) in [6.45, 7) is -0.0600. The van der Waals surface area contributed by atoms with E-state index in [1.54, 1.807) is 0 Å². The molecular weight excluding hydrogens is 402 g/mol. The predicted octanol–water partition coefficient (Wildman–Crippen LogP) is 3.48. The molecule has 1 aromatic rings. The zero-order valence-corrected chi connectivity index (χ0v) is 19.2. The molecule has 2 aliphatic rings. The highest BCUT2D eigenvalue weighted by Gasteiger charge is 2.30. The lowest BCUT2D eigenvalue weighted by Gasteiger charge is -2.30. The SMILES string of the molecule is NC(=O)C1CCCCC1NC(=O)CNC(=O)C(CCC1CCCCC1)Cc1ccccc1. The molecule has 0 bridgehead atoms. The van der Waals surface area contributed by atoms with Crippen LogP contribution in [0.5, 0.6) is 0 Å². The van der Waals surface area contributed by atoms with Crippen molar-refractivity contribution in [1.29, 1.82) is 0 Å². The Morgan fingerprint density at radius 2 is 1.62 bits per heavy atom. The Morgan fingerprint density at radius 1 is 0.938 bits per heavy atom. The molecule has 6 heteroatoms. The highest BCUT2D eigenvalue weighted by molar-refractivity contribution is 5.86. The number of primary amides is 1. The normalized spacial score (nSPS) is 22.6. The Labute approximate surface area is 192 Å². The van der Waals surface area contributed by atoms with E-state index < -0.39 is 0 Å². The first-order valence-corrected chi connectivity index (χ1v) is 12.4. The van der Waals surface area contributed by atoms with Crippen LogP contribution in [0, 0.1) is 17.8 Å². The van der Waals surface area contributed by atoms with Crippen LogP contribution in [0.4, 0.5) is 0 Å². The number of nitrogens with two attached hydrogens (primary N) is 1. The fourth-order valence-electron chi connectivity index (χ4n) is 5.35. The molecule has 6 nitrogen and oxygen atoms in total. The third-order valence-corrected chi connectivity index (χ3v) is 7.24. The third-order valence-electron chi connectivity index (χ3n) is 7.24. The molecule has 0 heterocycles. The monoisotopic (exact) mass is 441 g/mol. The maximum absolute atomic E-state index is 13.0. The molecule has 0 spiro atoms. The van der Waals surface area contributed by atoms with Gasteiger partial charge in [-0.2, -0.15) is 0 Å². The van der Waals surface area contributed by atoms with Gasteiger partial charge in [0.15, 0.2) is 0 Å². The Balaban J connectivity index is 1.52. The van der Waals surface area contributed by atoms with E-state index in [2.05, 4.69) is 22.8 Å². The maximum atomic E-state index is 13.0. The van der Waals surface area contributed by atoms with Crippen molar-refractivity contribution < 1.29 is 14.4 Å². The third kappa shape index (κ3) is 7.64. The van der Waals surface area contributed by atoms with Gasteiger partial charge in [-0.05, 0) is 43.6 Å². The van der Waals surface area contributed by atoms with Gasteiger partial charge >= 0.3 is 0 Å². The van der Waals surface area contributed by atoms with Crippen LogP contribution in [0.25, 0.3) is 0 Å². The second kappa shape index (κ2) is 12.6. The molecule has 32 heavy (non-hydrogen) atoms. The second-order valence-electron chi connectivity index (χ2n) is 9.65. The maximum Gasteiger partial charge on any atom is 0.239 e. The average molecular weight is 442 g/mol. The predicted molar refractivity (Wildman–Crippen MR) is 126 cm³/mol. The summed E-state index contributed by atoms with van der Waals surface area (Å²) in [5.74, 6) is -0.401. The van der Waals surface area contributed by atoms with Gasteiger partial charge < -0.3 is 16.4 Å². The number of nitrogens with one attached hydrogen (secondary N) is 2. The molecule has 0 radical (unpaired) electrons. The Bertz CT molecular complexity index is 746. The molecule has 4 N–H and O–H groups in total. The highest BCUT2D eigenvalue weighted by Crippen LogP contribution is 2.29. The molecular formula is C26H39N3O3. The Morgan fingerprint density at radius 3 is 2.34 bits per heavy atom. The first-order valence-electron chi connectivity index (χ1n) is 12.4. The van der Waals surface area contributed by atoms with Crippen molar-refractivity contribution in [2.24, 2.45) is 23.5 Å². The average Bonchev–Trinajstić information content (AvgIpc) is 2.81. The zero-order valence-electron chi connectivity index (χ0n) is 19.2. The van der Waals surface area contributed by atoms with Gasteiger partial charge in [-0.15, -0.1) is 0 Å². The largest absolute Gasteiger partial charge is 0.369 e. The second-order valence-corrected chi connectivity index (χ2v) is 9.65. The van der Waals surface area contributed by atoms with Crippen LogP contribution in [-0.4, -0.2) is 30.3 Å². The van der Waals surface area contributed by atoms with Crippen molar-refractivity contribution in [1.82, 2.24) is 10.6 Å². The van der Waals surface area contributed by atoms with E-state index in [4.69, 9.17) is 5.73 Å². The first kappa shape index (κ1) is 24.3. The van der Waals surface area contributed by atoms with Crippen molar-refractivity contribution in [3.63, 3.8) is 0 Å². The number of amides is 3. The topological polar surface area (TPSA) is 101 Å². The summed E-state index contributed by atoms with van der Waals surface area (Å²) in [7, 11) is 0. The highest BCUT2D eigenvalue weighted by atomic mass is 16.2. The summed E-state index contributed by atoms with van der Waals surface area (Å²) >= 11 is 0. The van der Waals surface area contributed by atoms with Gasteiger partial charge in [0, 0.05) is 12.0 Å². The fraction of sp³-hybridized carbons (Fsp3) is 0.654. The van der Waals surface area contributed by atoms with Crippen LogP contribution < -0.4 is 16.4 Å². The van der Waals surface area contributed by atoms with Crippen LogP contribution in [0.3, 0.4) is 0 Å². The standard InChI is InChI=1S/C26H39N3O3/c27-25(31)22-13-7-8-14-23(22)29-24(30)18-28-26(32)21(17-20-11-5-2-6-12-20)16-15-19-9-3-1-4-10-19/h2,5-6,11-12,19,21-23H,1,3-4,7-10,13-18H2,(H2,27,31)(H,28,32)(H,29,30). The van der Waals surface area contributed by atoms with Crippen molar-refractivity contribution in [3.8, 4) is 0 Å². The lowest BCUT2D eigenvalue weighted by molar-refractivity contribution is -0.130. The van der Waals surface area contributed by atoms with Gasteiger partial charge in [0.1, 0.15) is 0 Å². The summed E-state index contributed by atoms with van der Waals surface area (Å²) in [6.07, 6.45) is 12.5. The van der Waals surface area contributed by atoms with E-state index in [1.165, 1.54) is 32.1 Å². The van der Waals surface area contributed by atoms with Crippen molar-refractivity contribution >= 4 is 17.7 Å². The number of hydrogen-bond donors (Lipinski definition) is 3. The Kier molecular flexibility index (Phi) is 9.57. The molecule has 3 rings (SSSR count). The first-order chi connectivity index (χ1) is 15.5. The van der Waals surface area contributed by atoms with Crippen LogP contribution in [-0.2, 0) is 20.8 Å².